The number of methoxy groups -OCH3 is 1. The number of hydrazine groups is 1. The summed E-state index contributed by atoms with van der Waals surface area (Å²) in [5, 5.41) is 9.70. The van der Waals surface area contributed by atoms with Gasteiger partial charge in [-0.15, -0.1) is 0 Å². The molecule has 11 nitrogen and oxygen atoms in total. The van der Waals surface area contributed by atoms with Crippen LogP contribution in [-0.2, 0) is 19.1 Å². The molecule has 0 radical (unpaired) electrons. The summed E-state index contributed by atoms with van der Waals surface area (Å²) in [5.41, 5.74) is 3.78. The minimum atomic E-state index is -2.35. The van der Waals surface area contributed by atoms with Crippen LogP contribution in [0.15, 0.2) is 72.8 Å². The molecule has 0 fully saturated rings. The van der Waals surface area contributed by atoms with Crippen molar-refractivity contribution in [3.63, 3.8) is 0 Å². The molecule has 13 heteroatoms. The third kappa shape index (κ3) is 7.46. The van der Waals surface area contributed by atoms with E-state index in [0.29, 0.717) is 5.75 Å². The van der Waals surface area contributed by atoms with Gasteiger partial charge < -0.3 is 19.3 Å². The summed E-state index contributed by atoms with van der Waals surface area (Å²) >= 11 is 12.0. The minimum Gasteiger partial charge on any atom is -0.497 e. The highest BCUT2D eigenvalue weighted by Crippen LogP contribution is 2.21. The van der Waals surface area contributed by atoms with Crippen molar-refractivity contribution in [2.45, 2.75) is 12.2 Å². The van der Waals surface area contributed by atoms with Crippen LogP contribution in [0.2, 0.25) is 10.0 Å². The molecule has 0 saturated carbocycles. The van der Waals surface area contributed by atoms with Gasteiger partial charge in [0, 0.05) is 5.56 Å². The number of halogens is 2. The lowest BCUT2D eigenvalue weighted by atomic mass is 10.1. The number of carboxylic acid groups (broad SMARTS) is 1. The number of carboxylic acids is 1. The van der Waals surface area contributed by atoms with Crippen molar-refractivity contribution in [1.82, 2.24) is 10.9 Å². The Hall–Kier alpha value is -4.61. The van der Waals surface area contributed by atoms with Crippen LogP contribution in [0.3, 0.4) is 0 Å². The Kier molecular flexibility index (Phi) is 9.85. The van der Waals surface area contributed by atoms with Gasteiger partial charge in [-0.3, -0.25) is 20.4 Å². The van der Waals surface area contributed by atoms with Gasteiger partial charge in [-0.25, -0.2) is 14.4 Å². The van der Waals surface area contributed by atoms with Gasteiger partial charge in [0.25, 0.3) is 11.8 Å². The third-order valence-corrected chi connectivity index (χ3v) is 5.74. The van der Waals surface area contributed by atoms with Gasteiger partial charge in [0.05, 0.1) is 28.3 Å². The molecule has 0 unspecified atom stereocenters. The zero-order chi connectivity index (χ0) is 28.5. The molecule has 3 aromatic carbocycles. The largest absolute Gasteiger partial charge is 0.497 e. The fourth-order valence-corrected chi connectivity index (χ4v) is 3.54. The van der Waals surface area contributed by atoms with E-state index in [1.54, 1.807) is 0 Å². The van der Waals surface area contributed by atoms with Gasteiger partial charge in [-0.05, 0) is 48.5 Å². The molecule has 3 aromatic rings. The number of rotatable bonds is 9. The molecular weight excluding hydrogens is 555 g/mol. The summed E-state index contributed by atoms with van der Waals surface area (Å²) in [5.74, 6) is -5.86. The maximum Gasteiger partial charge on any atom is 0.349 e. The Morgan fingerprint density at radius 3 is 1.67 bits per heavy atom. The van der Waals surface area contributed by atoms with E-state index in [2.05, 4.69) is 5.43 Å². The van der Waals surface area contributed by atoms with Crippen molar-refractivity contribution < 1.29 is 43.3 Å². The highest BCUT2D eigenvalue weighted by Gasteiger charge is 2.41. The fraction of sp³-hybridized carbons (Fsp3) is 0.115. The van der Waals surface area contributed by atoms with Crippen LogP contribution < -0.4 is 15.6 Å². The van der Waals surface area contributed by atoms with Crippen molar-refractivity contribution in [2.24, 2.45) is 0 Å². The average Bonchev–Trinajstić information content (AvgIpc) is 2.93. The van der Waals surface area contributed by atoms with E-state index in [0.717, 1.165) is 0 Å². The van der Waals surface area contributed by atoms with E-state index in [9.17, 15) is 29.1 Å². The summed E-state index contributed by atoms with van der Waals surface area (Å²) in [6.45, 7) is 0. The van der Waals surface area contributed by atoms with Crippen LogP contribution >= 0.6 is 23.2 Å². The zero-order valence-corrected chi connectivity index (χ0v) is 21.6. The van der Waals surface area contributed by atoms with Crippen molar-refractivity contribution >= 4 is 52.9 Å². The van der Waals surface area contributed by atoms with Crippen LogP contribution in [-0.4, -0.2) is 54.1 Å². The molecule has 0 aliphatic carbocycles. The van der Waals surface area contributed by atoms with Crippen molar-refractivity contribution in [2.75, 3.05) is 7.11 Å². The first-order valence-electron chi connectivity index (χ1n) is 11.0. The average molecular weight is 575 g/mol. The van der Waals surface area contributed by atoms with E-state index in [-0.39, 0.29) is 26.7 Å². The molecule has 202 valence electrons. The Balaban J connectivity index is 1.86. The molecule has 0 heterocycles. The smallest absolute Gasteiger partial charge is 0.349 e. The molecule has 0 aliphatic heterocycles. The molecule has 0 spiro atoms. The van der Waals surface area contributed by atoms with Crippen LogP contribution in [0.1, 0.15) is 31.1 Å². The van der Waals surface area contributed by atoms with Gasteiger partial charge in [-0.1, -0.05) is 47.5 Å². The van der Waals surface area contributed by atoms with Crippen molar-refractivity contribution in [3.05, 3.63) is 99.5 Å². The number of carbonyl (C=O) groups is 5. The first-order valence-corrected chi connectivity index (χ1v) is 11.8. The fourth-order valence-electron chi connectivity index (χ4n) is 3.11. The second-order valence-electron chi connectivity index (χ2n) is 7.62. The third-order valence-electron chi connectivity index (χ3n) is 5.08. The number of esters is 2. The normalized spacial score (nSPS) is 11.9. The van der Waals surface area contributed by atoms with Gasteiger partial charge in [0.15, 0.2) is 0 Å². The number of aliphatic carboxylic acids is 1. The Morgan fingerprint density at radius 1 is 0.718 bits per heavy atom. The summed E-state index contributed by atoms with van der Waals surface area (Å²) in [6.07, 6.45) is -4.62. The quantitative estimate of drug-likeness (QED) is 0.257. The maximum absolute atomic E-state index is 13.0. The van der Waals surface area contributed by atoms with Crippen LogP contribution in [0.5, 0.6) is 5.75 Å². The van der Waals surface area contributed by atoms with Crippen LogP contribution in [0.25, 0.3) is 0 Å². The lowest BCUT2D eigenvalue weighted by Gasteiger charge is -2.24. The predicted octanol–water partition coefficient (Wildman–Crippen LogP) is 3.30. The number of hydrogen-bond donors (Lipinski definition) is 3. The molecule has 0 aromatic heterocycles. The second-order valence-corrected chi connectivity index (χ2v) is 8.44. The van der Waals surface area contributed by atoms with Gasteiger partial charge in [0.2, 0.25) is 12.2 Å². The Labute approximate surface area is 231 Å². The van der Waals surface area contributed by atoms with Gasteiger partial charge >= 0.3 is 17.9 Å². The van der Waals surface area contributed by atoms with E-state index in [1.165, 1.54) is 79.9 Å². The molecule has 3 N–H and O–H groups in total. The summed E-state index contributed by atoms with van der Waals surface area (Å²) < 4.78 is 15.2. The first-order chi connectivity index (χ1) is 18.6. The molecule has 0 bridgehead atoms. The lowest BCUT2D eigenvalue weighted by Crippen LogP contribution is -2.54. The standard InChI is InChI=1S/C26H20Cl2N2O9/c1-37-15-12-10-14(11-13-15)22(31)29-30-23(32)20(38-25(35)16-6-2-4-8-18(16)27)21(24(33)34)39-26(36)17-7-3-5-9-19(17)28/h2-13,20-21H,1H3,(H,29,31)(H,30,32)(H,33,34)/t20-,21+/m1/s1. The van der Waals surface area contributed by atoms with Gasteiger partial charge in [0.1, 0.15) is 5.75 Å². The highest BCUT2D eigenvalue weighted by atomic mass is 35.5. The number of hydrogen-bond acceptors (Lipinski definition) is 8. The number of carbonyl (C=O) groups excluding carboxylic acids is 4. The topological polar surface area (TPSA) is 157 Å². The first kappa shape index (κ1) is 29.0. The van der Waals surface area contributed by atoms with E-state index in [1.807, 2.05) is 5.43 Å². The maximum atomic E-state index is 13.0. The minimum absolute atomic E-state index is 0.0468. The Bertz CT molecular complexity index is 1400. The monoisotopic (exact) mass is 574 g/mol. The molecule has 39 heavy (non-hydrogen) atoms. The Morgan fingerprint density at radius 2 is 1.21 bits per heavy atom. The summed E-state index contributed by atoms with van der Waals surface area (Å²) in [7, 11) is 1.44. The van der Waals surface area contributed by atoms with E-state index >= 15 is 0 Å². The van der Waals surface area contributed by atoms with Crippen LogP contribution in [0, 0.1) is 0 Å². The lowest BCUT2D eigenvalue weighted by molar-refractivity contribution is -0.159. The van der Waals surface area contributed by atoms with Crippen molar-refractivity contribution in [1.29, 1.82) is 0 Å². The number of amides is 2. The van der Waals surface area contributed by atoms with Gasteiger partial charge in [-0.2, -0.15) is 0 Å². The SMILES string of the molecule is COc1ccc(C(=O)NNC(=O)[C@H](OC(=O)c2ccccc2Cl)[C@H](OC(=O)c2ccccc2Cl)C(=O)O)cc1. The van der Waals surface area contributed by atoms with E-state index in [4.69, 9.17) is 37.4 Å². The molecule has 2 atom stereocenters. The molecule has 2 amide bonds. The molecule has 3 rings (SSSR count). The molecular formula is C26H20Cl2N2O9. The number of nitrogens with one attached hydrogen (secondary N) is 2. The zero-order valence-electron chi connectivity index (χ0n) is 20.1. The second kappa shape index (κ2) is 13.3. The number of benzene rings is 3. The van der Waals surface area contributed by atoms with Crippen LogP contribution in [0.4, 0.5) is 0 Å². The highest BCUT2D eigenvalue weighted by molar-refractivity contribution is 6.34. The summed E-state index contributed by atoms with van der Waals surface area (Å²) in [6, 6.07) is 17.1. The summed E-state index contributed by atoms with van der Waals surface area (Å²) in [4.78, 5) is 63.1. The predicted molar refractivity (Wildman–Crippen MR) is 138 cm³/mol. The van der Waals surface area contributed by atoms with E-state index < -0.39 is 41.9 Å². The van der Waals surface area contributed by atoms with Crippen molar-refractivity contribution in [3.8, 4) is 5.75 Å². The number of ether oxygens (including phenoxy) is 3. The molecule has 0 saturated heterocycles. The molecule has 0 aliphatic rings.